The highest BCUT2D eigenvalue weighted by molar-refractivity contribution is 5.82. The van der Waals surface area contributed by atoms with Crippen LogP contribution in [-0.2, 0) is 4.79 Å². The molecule has 1 amide bonds. The molecule has 19 heavy (non-hydrogen) atoms. The number of carbonyl (C=O) groups is 1. The van der Waals surface area contributed by atoms with Crippen LogP contribution in [0.25, 0.3) is 0 Å². The molecule has 0 spiro atoms. The van der Waals surface area contributed by atoms with Crippen LogP contribution in [0, 0.1) is 17.8 Å². The second-order valence-corrected chi connectivity index (χ2v) is 7.01. The van der Waals surface area contributed by atoms with Gasteiger partial charge in [0.25, 0.3) is 0 Å². The van der Waals surface area contributed by atoms with E-state index in [4.69, 9.17) is 0 Å². The zero-order valence-electron chi connectivity index (χ0n) is 12.2. The van der Waals surface area contributed by atoms with Gasteiger partial charge in [-0.1, -0.05) is 26.2 Å². The first kappa shape index (κ1) is 13.4. The first-order valence-electron chi connectivity index (χ1n) is 8.26. The average molecular weight is 264 g/mol. The molecule has 2 heterocycles. The molecule has 3 rings (SSSR count). The van der Waals surface area contributed by atoms with E-state index < -0.39 is 0 Å². The highest BCUT2D eigenvalue weighted by Gasteiger charge is 2.35. The van der Waals surface area contributed by atoms with E-state index in [1.54, 1.807) is 0 Å². The highest BCUT2D eigenvalue weighted by atomic mass is 16.2. The third-order valence-corrected chi connectivity index (χ3v) is 5.57. The zero-order chi connectivity index (χ0) is 13.2. The molecule has 3 nitrogen and oxygen atoms in total. The fourth-order valence-electron chi connectivity index (χ4n) is 4.32. The molecule has 0 aromatic carbocycles. The van der Waals surface area contributed by atoms with Gasteiger partial charge >= 0.3 is 0 Å². The van der Waals surface area contributed by atoms with E-state index in [-0.39, 0.29) is 6.04 Å². The molecule has 1 N–H and O–H groups in total. The Hall–Kier alpha value is -0.570. The molecule has 3 fully saturated rings. The number of nitrogens with zero attached hydrogens (tertiary/aromatic N) is 1. The lowest BCUT2D eigenvalue weighted by Gasteiger charge is -2.43. The Labute approximate surface area is 117 Å². The number of likely N-dealkylation sites (tertiary alicyclic amines) is 1. The van der Waals surface area contributed by atoms with Crippen molar-refractivity contribution in [2.45, 2.75) is 57.9 Å². The van der Waals surface area contributed by atoms with Crippen molar-refractivity contribution < 1.29 is 4.79 Å². The third-order valence-electron chi connectivity index (χ3n) is 5.57. The van der Waals surface area contributed by atoms with Crippen molar-refractivity contribution in [2.24, 2.45) is 17.8 Å². The van der Waals surface area contributed by atoms with Crippen molar-refractivity contribution in [3.05, 3.63) is 0 Å². The van der Waals surface area contributed by atoms with Gasteiger partial charge in [-0.15, -0.1) is 0 Å². The lowest BCUT2D eigenvalue weighted by Crippen LogP contribution is -2.53. The number of hydrogen-bond acceptors (Lipinski definition) is 2. The molecule has 0 bridgehead atoms. The minimum atomic E-state index is 0.101. The molecule has 0 aromatic heterocycles. The van der Waals surface area contributed by atoms with Crippen molar-refractivity contribution >= 4 is 5.91 Å². The van der Waals surface area contributed by atoms with Crippen molar-refractivity contribution in [3.63, 3.8) is 0 Å². The van der Waals surface area contributed by atoms with E-state index in [0.717, 1.165) is 37.9 Å². The normalized spacial score (nSPS) is 39.7. The minimum Gasteiger partial charge on any atom is -0.341 e. The Balaban J connectivity index is 1.58. The van der Waals surface area contributed by atoms with Gasteiger partial charge in [-0.05, 0) is 50.0 Å². The monoisotopic (exact) mass is 264 g/mol. The van der Waals surface area contributed by atoms with E-state index in [0.29, 0.717) is 11.8 Å². The molecule has 4 unspecified atom stereocenters. The summed E-state index contributed by atoms with van der Waals surface area (Å²) in [7, 11) is 0. The molecular weight excluding hydrogens is 236 g/mol. The largest absolute Gasteiger partial charge is 0.341 e. The maximum absolute atomic E-state index is 12.6. The third kappa shape index (κ3) is 2.96. The van der Waals surface area contributed by atoms with Crippen LogP contribution < -0.4 is 5.32 Å². The topological polar surface area (TPSA) is 32.3 Å². The molecule has 1 saturated carbocycles. The summed E-state index contributed by atoms with van der Waals surface area (Å²) in [5.41, 5.74) is 0. The Bertz CT molecular complexity index is 331. The van der Waals surface area contributed by atoms with Gasteiger partial charge in [-0.3, -0.25) is 4.79 Å². The summed E-state index contributed by atoms with van der Waals surface area (Å²) in [5, 5.41) is 3.43. The summed E-state index contributed by atoms with van der Waals surface area (Å²) < 4.78 is 0. The summed E-state index contributed by atoms with van der Waals surface area (Å²) in [4.78, 5) is 14.8. The van der Waals surface area contributed by atoms with Crippen molar-refractivity contribution in [3.8, 4) is 0 Å². The van der Waals surface area contributed by atoms with Crippen LogP contribution in [0.1, 0.15) is 51.9 Å². The van der Waals surface area contributed by atoms with Crippen LogP contribution in [0.3, 0.4) is 0 Å². The van der Waals surface area contributed by atoms with Gasteiger partial charge in [0.05, 0.1) is 6.04 Å². The summed E-state index contributed by atoms with van der Waals surface area (Å²) in [5.74, 6) is 2.79. The summed E-state index contributed by atoms with van der Waals surface area (Å²) in [6.07, 6.45) is 9.05. The van der Waals surface area contributed by atoms with E-state index in [9.17, 15) is 4.79 Å². The van der Waals surface area contributed by atoms with Gasteiger partial charge in [-0.2, -0.15) is 0 Å². The Morgan fingerprint density at radius 2 is 1.89 bits per heavy atom. The van der Waals surface area contributed by atoms with Crippen molar-refractivity contribution in [1.29, 1.82) is 0 Å². The Kier molecular flexibility index (Phi) is 4.11. The van der Waals surface area contributed by atoms with Gasteiger partial charge in [0.15, 0.2) is 0 Å². The lowest BCUT2D eigenvalue weighted by molar-refractivity contribution is -0.137. The van der Waals surface area contributed by atoms with Gasteiger partial charge < -0.3 is 10.2 Å². The number of fused-ring (bicyclic) bond motifs is 1. The maximum Gasteiger partial charge on any atom is 0.239 e. The second kappa shape index (κ2) is 5.82. The Morgan fingerprint density at radius 1 is 1.11 bits per heavy atom. The van der Waals surface area contributed by atoms with Gasteiger partial charge in [0, 0.05) is 13.1 Å². The predicted molar refractivity (Wildman–Crippen MR) is 76.8 cm³/mol. The molecule has 4 atom stereocenters. The smallest absolute Gasteiger partial charge is 0.239 e. The molecule has 2 saturated heterocycles. The van der Waals surface area contributed by atoms with Crippen LogP contribution >= 0.6 is 0 Å². The number of hydrogen-bond donors (Lipinski definition) is 1. The maximum atomic E-state index is 12.6. The first-order valence-corrected chi connectivity index (χ1v) is 8.26. The van der Waals surface area contributed by atoms with Gasteiger partial charge in [0.1, 0.15) is 0 Å². The molecule has 0 radical (unpaired) electrons. The summed E-state index contributed by atoms with van der Waals surface area (Å²) in [6.45, 7) is 5.33. The molecule has 1 aliphatic carbocycles. The zero-order valence-corrected chi connectivity index (χ0v) is 12.2. The van der Waals surface area contributed by atoms with Crippen LogP contribution in [-0.4, -0.2) is 36.5 Å². The molecule has 3 aliphatic rings. The Morgan fingerprint density at radius 3 is 2.68 bits per heavy atom. The van der Waals surface area contributed by atoms with E-state index in [1.165, 1.54) is 38.5 Å². The SMILES string of the molecule is CC1CCNC(C(=O)N2CCC3CCCCC3C2)C1. The first-order chi connectivity index (χ1) is 9.24. The fraction of sp³-hybridized carbons (Fsp3) is 0.938. The lowest BCUT2D eigenvalue weighted by atomic mass is 9.75. The van der Waals surface area contributed by atoms with Crippen LogP contribution in [0.15, 0.2) is 0 Å². The number of nitrogens with one attached hydrogen (secondary N) is 1. The summed E-state index contributed by atoms with van der Waals surface area (Å²) in [6, 6.07) is 0.101. The van der Waals surface area contributed by atoms with E-state index >= 15 is 0 Å². The van der Waals surface area contributed by atoms with Gasteiger partial charge in [0.2, 0.25) is 5.91 Å². The number of amides is 1. The molecule has 2 aliphatic heterocycles. The van der Waals surface area contributed by atoms with Gasteiger partial charge in [-0.25, -0.2) is 0 Å². The van der Waals surface area contributed by atoms with Crippen molar-refractivity contribution in [1.82, 2.24) is 10.2 Å². The van der Waals surface area contributed by atoms with Crippen LogP contribution in [0.2, 0.25) is 0 Å². The van der Waals surface area contributed by atoms with E-state index in [1.807, 2.05) is 0 Å². The molecule has 108 valence electrons. The number of piperidine rings is 2. The number of carbonyl (C=O) groups excluding carboxylic acids is 1. The van der Waals surface area contributed by atoms with Crippen LogP contribution in [0.5, 0.6) is 0 Å². The molecular formula is C16H28N2O. The molecule has 0 aromatic rings. The fourth-order valence-corrected chi connectivity index (χ4v) is 4.32. The molecule has 3 heteroatoms. The standard InChI is InChI=1S/C16H28N2O/c1-12-6-8-17-15(10-12)16(19)18-9-7-13-4-2-3-5-14(13)11-18/h12-15,17H,2-11H2,1H3. The predicted octanol–water partition coefficient (Wildman–Crippen LogP) is 2.41. The highest BCUT2D eigenvalue weighted by Crippen LogP contribution is 2.36. The second-order valence-electron chi connectivity index (χ2n) is 7.01. The number of rotatable bonds is 1. The minimum absolute atomic E-state index is 0.101. The van der Waals surface area contributed by atoms with Crippen molar-refractivity contribution in [2.75, 3.05) is 19.6 Å². The van der Waals surface area contributed by atoms with Crippen LogP contribution in [0.4, 0.5) is 0 Å². The average Bonchev–Trinajstić information content (AvgIpc) is 2.46. The quantitative estimate of drug-likeness (QED) is 0.789. The van der Waals surface area contributed by atoms with E-state index in [2.05, 4.69) is 17.1 Å². The summed E-state index contributed by atoms with van der Waals surface area (Å²) >= 11 is 0.